The SMILES string of the molecule is CCCC(C)C.Cc1cccc2c1C(C)C2C. The molecule has 1 aromatic rings. The van der Waals surface area contributed by atoms with Gasteiger partial charge in [0.25, 0.3) is 0 Å². The Morgan fingerprint density at radius 3 is 2.18 bits per heavy atom. The normalized spacial score (nSPS) is 21.4. The summed E-state index contributed by atoms with van der Waals surface area (Å²) < 4.78 is 0. The van der Waals surface area contributed by atoms with Crippen LogP contribution in [0.5, 0.6) is 0 Å². The molecule has 1 aliphatic carbocycles. The first-order valence-electron chi connectivity index (χ1n) is 7.08. The first-order chi connectivity index (χ1) is 7.99. The summed E-state index contributed by atoms with van der Waals surface area (Å²) in [5, 5.41) is 0. The minimum absolute atomic E-state index is 0.782. The number of aryl methyl sites for hydroxylation is 1. The Bertz CT molecular complexity index is 349. The Kier molecular flexibility index (Phi) is 5.24. The average molecular weight is 232 g/mol. The summed E-state index contributed by atoms with van der Waals surface area (Å²) in [6, 6.07) is 6.63. The molecule has 0 bridgehead atoms. The van der Waals surface area contributed by atoms with E-state index in [4.69, 9.17) is 0 Å². The molecular weight excluding hydrogens is 204 g/mol. The van der Waals surface area contributed by atoms with E-state index in [1.807, 2.05) is 0 Å². The maximum Gasteiger partial charge on any atom is -0.0119 e. The summed E-state index contributed by atoms with van der Waals surface area (Å²) in [4.78, 5) is 0. The fourth-order valence-corrected chi connectivity index (χ4v) is 2.72. The summed E-state index contributed by atoms with van der Waals surface area (Å²) in [7, 11) is 0. The lowest BCUT2D eigenvalue weighted by Gasteiger charge is -2.36. The first kappa shape index (κ1) is 14.3. The van der Waals surface area contributed by atoms with Crippen LogP contribution in [0.3, 0.4) is 0 Å². The van der Waals surface area contributed by atoms with Crippen LogP contribution in [-0.4, -0.2) is 0 Å². The van der Waals surface area contributed by atoms with Crippen LogP contribution in [0, 0.1) is 12.8 Å². The smallest absolute Gasteiger partial charge is 0.0119 e. The zero-order chi connectivity index (χ0) is 13.0. The molecule has 0 amide bonds. The summed E-state index contributed by atoms with van der Waals surface area (Å²) in [6.07, 6.45) is 2.71. The highest BCUT2D eigenvalue weighted by atomic mass is 14.3. The van der Waals surface area contributed by atoms with Gasteiger partial charge in [0.1, 0.15) is 0 Å². The van der Waals surface area contributed by atoms with Crippen molar-refractivity contribution >= 4 is 0 Å². The predicted octanol–water partition coefficient (Wildman–Crippen LogP) is 5.66. The van der Waals surface area contributed by atoms with Crippen LogP contribution in [0.1, 0.15) is 76.0 Å². The van der Waals surface area contributed by atoms with E-state index in [0.717, 1.165) is 17.8 Å². The van der Waals surface area contributed by atoms with Crippen molar-refractivity contribution in [2.45, 2.75) is 66.2 Å². The highest BCUT2D eigenvalue weighted by Gasteiger charge is 2.31. The van der Waals surface area contributed by atoms with Gasteiger partial charge in [-0.1, -0.05) is 65.7 Å². The molecule has 0 aromatic heterocycles. The van der Waals surface area contributed by atoms with Crippen LogP contribution in [0.25, 0.3) is 0 Å². The van der Waals surface area contributed by atoms with Gasteiger partial charge >= 0.3 is 0 Å². The topological polar surface area (TPSA) is 0 Å². The maximum absolute atomic E-state index is 2.32. The van der Waals surface area contributed by atoms with Crippen molar-refractivity contribution < 1.29 is 0 Å². The zero-order valence-corrected chi connectivity index (χ0v) is 12.4. The molecule has 17 heavy (non-hydrogen) atoms. The van der Waals surface area contributed by atoms with E-state index in [1.165, 1.54) is 18.4 Å². The van der Waals surface area contributed by atoms with Crippen LogP contribution >= 0.6 is 0 Å². The zero-order valence-electron chi connectivity index (χ0n) is 12.4. The van der Waals surface area contributed by atoms with E-state index in [2.05, 4.69) is 59.7 Å². The molecular formula is C17H28. The van der Waals surface area contributed by atoms with Gasteiger partial charge in [-0.3, -0.25) is 0 Å². The summed E-state index contributed by atoms with van der Waals surface area (Å²) in [5.74, 6) is 2.46. The number of fused-ring (bicyclic) bond motifs is 1. The molecule has 0 spiro atoms. The minimum Gasteiger partial charge on any atom is -0.0654 e. The molecule has 0 radical (unpaired) electrons. The fourth-order valence-electron chi connectivity index (χ4n) is 2.72. The van der Waals surface area contributed by atoms with Crippen molar-refractivity contribution in [3.05, 3.63) is 34.9 Å². The highest BCUT2D eigenvalue weighted by Crippen LogP contribution is 2.47. The Balaban J connectivity index is 0.000000209. The molecule has 2 unspecified atom stereocenters. The van der Waals surface area contributed by atoms with Gasteiger partial charge in [-0.15, -0.1) is 0 Å². The molecule has 1 aromatic carbocycles. The van der Waals surface area contributed by atoms with Gasteiger partial charge in [-0.05, 0) is 41.4 Å². The molecule has 0 heteroatoms. The van der Waals surface area contributed by atoms with E-state index in [1.54, 1.807) is 11.1 Å². The van der Waals surface area contributed by atoms with E-state index in [9.17, 15) is 0 Å². The minimum atomic E-state index is 0.782. The molecule has 1 aliphatic rings. The molecule has 0 aliphatic heterocycles. The molecule has 0 heterocycles. The second-order valence-electron chi connectivity index (χ2n) is 5.84. The molecule has 0 saturated heterocycles. The van der Waals surface area contributed by atoms with Gasteiger partial charge in [0.05, 0.1) is 0 Å². The predicted molar refractivity (Wildman–Crippen MR) is 77.8 cm³/mol. The fraction of sp³-hybridized carbons (Fsp3) is 0.647. The van der Waals surface area contributed by atoms with E-state index in [0.29, 0.717) is 0 Å². The molecule has 0 N–H and O–H groups in total. The van der Waals surface area contributed by atoms with Gasteiger partial charge in [-0.2, -0.15) is 0 Å². The van der Waals surface area contributed by atoms with Crippen molar-refractivity contribution in [3.8, 4) is 0 Å². The molecule has 0 fully saturated rings. The molecule has 2 atom stereocenters. The van der Waals surface area contributed by atoms with E-state index >= 15 is 0 Å². The second-order valence-corrected chi connectivity index (χ2v) is 5.84. The van der Waals surface area contributed by atoms with Crippen LogP contribution in [0.15, 0.2) is 18.2 Å². The standard InChI is InChI=1S/C11H14.C6H14/c1-7-5-4-6-10-8(2)9(3)11(7)10;1-4-5-6(2)3/h4-6,8-9H,1-3H3;6H,4-5H2,1-3H3. The van der Waals surface area contributed by atoms with Crippen molar-refractivity contribution in [2.24, 2.45) is 5.92 Å². The molecule has 0 nitrogen and oxygen atoms in total. The Hall–Kier alpha value is -0.780. The van der Waals surface area contributed by atoms with Crippen LogP contribution in [0.2, 0.25) is 0 Å². The Morgan fingerprint density at radius 1 is 1.12 bits per heavy atom. The van der Waals surface area contributed by atoms with Gasteiger partial charge in [0.15, 0.2) is 0 Å². The van der Waals surface area contributed by atoms with Gasteiger partial charge in [0, 0.05) is 0 Å². The van der Waals surface area contributed by atoms with Crippen LogP contribution in [-0.2, 0) is 0 Å². The van der Waals surface area contributed by atoms with Crippen molar-refractivity contribution in [3.63, 3.8) is 0 Å². The maximum atomic E-state index is 2.32. The Morgan fingerprint density at radius 2 is 1.76 bits per heavy atom. The van der Waals surface area contributed by atoms with Crippen LogP contribution in [0.4, 0.5) is 0 Å². The number of hydrogen-bond donors (Lipinski definition) is 0. The van der Waals surface area contributed by atoms with Crippen molar-refractivity contribution in [1.82, 2.24) is 0 Å². The van der Waals surface area contributed by atoms with Crippen LogP contribution < -0.4 is 0 Å². The van der Waals surface area contributed by atoms with E-state index in [-0.39, 0.29) is 0 Å². The summed E-state index contributed by atoms with van der Waals surface area (Å²) in [5.41, 5.74) is 4.63. The number of rotatable bonds is 2. The van der Waals surface area contributed by atoms with Crippen molar-refractivity contribution in [2.75, 3.05) is 0 Å². The summed E-state index contributed by atoms with van der Waals surface area (Å²) >= 11 is 0. The van der Waals surface area contributed by atoms with Gasteiger partial charge < -0.3 is 0 Å². The van der Waals surface area contributed by atoms with Crippen molar-refractivity contribution in [1.29, 1.82) is 0 Å². The molecule has 0 saturated carbocycles. The first-order valence-corrected chi connectivity index (χ1v) is 7.08. The third-order valence-electron chi connectivity index (χ3n) is 3.92. The van der Waals surface area contributed by atoms with E-state index < -0.39 is 0 Å². The monoisotopic (exact) mass is 232 g/mol. The third-order valence-corrected chi connectivity index (χ3v) is 3.92. The number of hydrogen-bond acceptors (Lipinski definition) is 0. The van der Waals surface area contributed by atoms with Gasteiger partial charge in [0.2, 0.25) is 0 Å². The lowest BCUT2D eigenvalue weighted by atomic mass is 9.68. The lowest BCUT2D eigenvalue weighted by molar-refractivity contribution is 0.538. The number of benzene rings is 1. The third kappa shape index (κ3) is 3.34. The average Bonchev–Trinajstić information content (AvgIpc) is 2.28. The highest BCUT2D eigenvalue weighted by molar-refractivity contribution is 5.48. The lowest BCUT2D eigenvalue weighted by Crippen LogP contribution is -2.20. The molecule has 2 rings (SSSR count). The molecule has 96 valence electrons. The Labute approximate surface area is 107 Å². The van der Waals surface area contributed by atoms with Gasteiger partial charge in [-0.25, -0.2) is 0 Å². The second kappa shape index (κ2) is 6.23. The largest absolute Gasteiger partial charge is 0.0654 e. The quantitative estimate of drug-likeness (QED) is 0.617. The summed E-state index contributed by atoms with van der Waals surface area (Å²) in [6.45, 7) is 13.6.